The maximum Gasteiger partial charge on any atom is 0.304 e. The largest absolute Gasteiger partial charge is 0.396 e. The van der Waals surface area contributed by atoms with Crippen LogP contribution >= 0.6 is 0 Å². The summed E-state index contributed by atoms with van der Waals surface area (Å²) in [5, 5.41) is 18.6. The van der Waals surface area contributed by atoms with Crippen LogP contribution < -0.4 is 0 Å². The Morgan fingerprint density at radius 3 is 2.50 bits per heavy atom. The van der Waals surface area contributed by atoms with Crippen molar-refractivity contribution in [1.29, 1.82) is 0 Å². The summed E-state index contributed by atoms with van der Waals surface area (Å²) in [4.78, 5) is 9.25. The highest BCUT2D eigenvalue weighted by Gasteiger charge is 2.32. The molecular weight excluding hydrogens is 227 g/mol. The summed E-state index contributed by atoms with van der Waals surface area (Å²) in [6, 6.07) is 1.86. The third-order valence-corrected chi connectivity index (χ3v) is 1.99. The summed E-state index contributed by atoms with van der Waals surface area (Å²) in [6.45, 7) is -0.758. The van der Waals surface area contributed by atoms with E-state index in [1.54, 1.807) is 0 Å². The number of rotatable bonds is 4. The smallest absolute Gasteiger partial charge is 0.304 e. The van der Waals surface area contributed by atoms with Gasteiger partial charge in [-0.05, 0) is 12.1 Å². The van der Waals surface area contributed by atoms with Crippen molar-refractivity contribution in [3.63, 3.8) is 0 Å². The predicted molar refractivity (Wildman–Crippen MR) is 48.7 cm³/mol. The maximum atomic E-state index is 13.2. The van der Waals surface area contributed by atoms with Gasteiger partial charge in [0.05, 0.1) is 4.92 Å². The molecule has 0 spiro atoms. The monoisotopic (exact) mass is 235 g/mol. The third-order valence-electron chi connectivity index (χ3n) is 1.99. The topological polar surface area (TPSA) is 63.4 Å². The number of nitro groups is 1. The van der Waals surface area contributed by atoms with E-state index in [1.807, 2.05) is 0 Å². The first-order valence-electron chi connectivity index (χ1n) is 4.31. The molecule has 7 heteroatoms. The molecule has 0 heterocycles. The average molecular weight is 235 g/mol. The zero-order valence-electron chi connectivity index (χ0n) is 7.99. The van der Waals surface area contributed by atoms with Crippen LogP contribution in [0.2, 0.25) is 0 Å². The Balaban J connectivity index is 3.10. The van der Waals surface area contributed by atoms with E-state index >= 15 is 0 Å². The first kappa shape index (κ1) is 12.4. The van der Waals surface area contributed by atoms with Crippen LogP contribution in [0, 0.1) is 15.9 Å². The molecule has 0 amide bonds. The molecule has 1 aromatic carbocycles. The number of nitro benzene ring substituents is 1. The maximum absolute atomic E-state index is 13.2. The van der Waals surface area contributed by atoms with Crippen molar-refractivity contribution in [1.82, 2.24) is 0 Å². The lowest BCUT2D eigenvalue weighted by Gasteiger charge is -2.14. The van der Waals surface area contributed by atoms with Crippen molar-refractivity contribution in [3.05, 3.63) is 39.7 Å². The normalized spacial score (nSPS) is 11.5. The summed E-state index contributed by atoms with van der Waals surface area (Å²) in [7, 11) is 0. The van der Waals surface area contributed by atoms with Crippen molar-refractivity contribution in [2.75, 3.05) is 6.61 Å². The van der Waals surface area contributed by atoms with E-state index in [4.69, 9.17) is 5.11 Å². The fourth-order valence-electron chi connectivity index (χ4n) is 1.17. The molecule has 1 N–H and O–H groups in total. The number of hydrogen-bond donors (Lipinski definition) is 1. The van der Waals surface area contributed by atoms with Gasteiger partial charge in [0.2, 0.25) is 5.82 Å². The van der Waals surface area contributed by atoms with Gasteiger partial charge in [0, 0.05) is 24.7 Å². The Kier molecular flexibility index (Phi) is 3.48. The van der Waals surface area contributed by atoms with E-state index in [9.17, 15) is 23.3 Å². The van der Waals surface area contributed by atoms with Crippen LogP contribution in [0.25, 0.3) is 0 Å². The first-order chi connectivity index (χ1) is 7.38. The van der Waals surface area contributed by atoms with E-state index in [2.05, 4.69) is 0 Å². The van der Waals surface area contributed by atoms with Crippen molar-refractivity contribution < 1.29 is 23.2 Å². The minimum Gasteiger partial charge on any atom is -0.396 e. The number of aliphatic hydroxyl groups excluding tert-OH is 1. The zero-order chi connectivity index (χ0) is 12.3. The van der Waals surface area contributed by atoms with Crippen LogP contribution in [0.5, 0.6) is 0 Å². The Hall–Kier alpha value is -1.63. The molecule has 0 aromatic heterocycles. The fourth-order valence-corrected chi connectivity index (χ4v) is 1.17. The van der Waals surface area contributed by atoms with Crippen molar-refractivity contribution in [2.24, 2.45) is 0 Å². The minimum absolute atomic E-state index is 0.411. The quantitative estimate of drug-likeness (QED) is 0.642. The van der Waals surface area contributed by atoms with Crippen molar-refractivity contribution >= 4 is 5.69 Å². The van der Waals surface area contributed by atoms with E-state index in [1.165, 1.54) is 0 Å². The van der Waals surface area contributed by atoms with Gasteiger partial charge in [0.1, 0.15) is 0 Å². The summed E-state index contributed by atoms with van der Waals surface area (Å²) in [6.07, 6.45) is -0.857. The van der Waals surface area contributed by atoms with Gasteiger partial charge in [-0.3, -0.25) is 10.1 Å². The Morgan fingerprint density at radius 1 is 1.44 bits per heavy atom. The SMILES string of the molecule is O=[N+]([O-])c1ccc(C(F)(F)CCO)cc1F. The molecule has 1 rings (SSSR count). The molecule has 0 saturated heterocycles. The Bertz CT molecular complexity index is 409. The second-order valence-corrected chi connectivity index (χ2v) is 3.10. The van der Waals surface area contributed by atoms with Gasteiger partial charge < -0.3 is 5.11 Å². The van der Waals surface area contributed by atoms with Gasteiger partial charge in [0.15, 0.2) is 0 Å². The number of nitrogens with zero attached hydrogens (tertiary/aromatic N) is 1. The number of alkyl halides is 2. The lowest BCUT2D eigenvalue weighted by molar-refractivity contribution is -0.387. The molecule has 0 unspecified atom stereocenters. The number of aliphatic hydroxyl groups is 1. The van der Waals surface area contributed by atoms with E-state index in [0.717, 1.165) is 6.07 Å². The minimum atomic E-state index is -3.40. The van der Waals surface area contributed by atoms with Gasteiger partial charge in [-0.1, -0.05) is 0 Å². The van der Waals surface area contributed by atoms with Crippen LogP contribution in [0.3, 0.4) is 0 Å². The van der Waals surface area contributed by atoms with Gasteiger partial charge in [0.25, 0.3) is 5.92 Å². The second kappa shape index (κ2) is 4.48. The molecule has 0 bridgehead atoms. The number of halogens is 3. The Labute approximate surface area is 88.5 Å². The van der Waals surface area contributed by atoms with Crippen LogP contribution in [-0.2, 0) is 5.92 Å². The molecule has 0 atom stereocenters. The molecule has 1 aromatic rings. The standard InChI is InChI=1S/C9H8F3NO3/c10-7-5-6(9(11,12)3-4-14)1-2-8(7)13(15)16/h1-2,5,14H,3-4H2. The molecule has 0 aliphatic rings. The molecule has 0 saturated carbocycles. The summed E-state index contributed by atoms with van der Waals surface area (Å²) >= 11 is 0. The Morgan fingerprint density at radius 2 is 2.06 bits per heavy atom. The molecule has 4 nitrogen and oxygen atoms in total. The fraction of sp³-hybridized carbons (Fsp3) is 0.333. The van der Waals surface area contributed by atoms with E-state index in [0.29, 0.717) is 12.1 Å². The predicted octanol–water partition coefficient (Wildman–Crippen LogP) is 2.21. The van der Waals surface area contributed by atoms with Crippen molar-refractivity contribution in [3.8, 4) is 0 Å². The lowest BCUT2D eigenvalue weighted by atomic mass is 10.1. The first-order valence-corrected chi connectivity index (χ1v) is 4.31. The van der Waals surface area contributed by atoms with Crippen LogP contribution in [0.4, 0.5) is 18.9 Å². The van der Waals surface area contributed by atoms with E-state index < -0.39 is 40.9 Å². The highest BCUT2D eigenvalue weighted by Crippen LogP contribution is 2.33. The van der Waals surface area contributed by atoms with Crippen LogP contribution in [-0.4, -0.2) is 16.6 Å². The van der Waals surface area contributed by atoms with Crippen LogP contribution in [0.1, 0.15) is 12.0 Å². The number of hydrogen-bond acceptors (Lipinski definition) is 3. The molecule has 16 heavy (non-hydrogen) atoms. The van der Waals surface area contributed by atoms with E-state index in [-0.39, 0.29) is 0 Å². The highest BCUT2D eigenvalue weighted by atomic mass is 19.3. The average Bonchev–Trinajstić information content (AvgIpc) is 2.16. The third kappa shape index (κ3) is 2.48. The van der Waals surface area contributed by atoms with Crippen LogP contribution in [0.15, 0.2) is 18.2 Å². The van der Waals surface area contributed by atoms with Gasteiger partial charge in [-0.25, -0.2) is 8.78 Å². The summed E-state index contributed by atoms with van der Waals surface area (Å²) in [5.41, 5.74) is -1.55. The second-order valence-electron chi connectivity index (χ2n) is 3.10. The summed E-state index contributed by atoms with van der Waals surface area (Å²) < 4.78 is 39.4. The molecule has 0 radical (unpaired) electrons. The highest BCUT2D eigenvalue weighted by molar-refractivity contribution is 5.36. The van der Waals surface area contributed by atoms with Gasteiger partial charge >= 0.3 is 5.69 Å². The van der Waals surface area contributed by atoms with Gasteiger partial charge in [-0.15, -0.1) is 0 Å². The molecule has 0 aliphatic heterocycles. The summed E-state index contributed by atoms with van der Waals surface area (Å²) in [5.74, 6) is -4.72. The lowest BCUT2D eigenvalue weighted by Crippen LogP contribution is -2.15. The van der Waals surface area contributed by atoms with Crippen molar-refractivity contribution in [2.45, 2.75) is 12.3 Å². The molecule has 88 valence electrons. The molecule has 0 aliphatic carbocycles. The molecular formula is C9H8F3NO3. The zero-order valence-corrected chi connectivity index (χ0v) is 7.99. The molecule has 0 fully saturated rings. The van der Waals surface area contributed by atoms with Gasteiger partial charge in [-0.2, -0.15) is 4.39 Å². The number of benzene rings is 1.